The van der Waals surface area contributed by atoms with Crippen LogP contribution in [0.1, 0.15) is 52.4 Å². The molecule has 0 atom stereocenters. The zero-order chi connectivity index (χ0) is 11.5. The van der Waals surface area contributed by atoms with Crippen molar-refractivity contribution in [3.05, 3.63) is 0 Å². The van der Waals surface area contributed by atoms with Gasteiger partial charge in [-0.2, -0.15) is 5.26 Å². The number of hydrogen-bond donors (Lipinski definition) is 0. The highest BCUT2D eigenvalue weighted by Gasteiger charge is 2.10. The van der Waals surface area contributed by atoms with Crippen molar-refractivity contribution < 1.29 is 4.79 Å². The summed E-state index contributed by atoms with van der Waals surface area (Å²) >= 11 is 0. The third-order valence-electron chi connectivity index (χ3n) is 2.35. The van der Waals surface area contributed by atoms with E-state index in [0.717, 1.165) is 19.3 Å². The van der Waals surface area contributed by atoms with Crippen LogP contribution in [0.2, 0.25) is 0 Å². The number of hydrogen-bond acceptors (Lipinski definition) is 2. The van der Waals surface area contributed by atoms with Gasteiger partial charge in [0, 0.05) is 13.0 Å². The molecule has 15 heavy (non-hydrogen) atoms. The maximum Gasteiger partial charge on any atom is 0.223 e. The maximum atomic E-state index is 11.7. The first-order valence-corrected chi connectivity index (χ1v) is 5.91. The van der Waals surface area contributed by atoms with Crippen LogP contribution in [0.3, 0.4) is 0 Å². The van der Waals surface area contributed by atoms with Crippen LogP contribution in [0, 0.1) is 11.3 Å². The average molecular weight is 210 g/mol. The molecule has 0 aliphatic heterocycles. The molecule has 0 unspecified atom stereocenters. The molecule has 3 nitrogen and oxygen atoms in total. The van der Waals surface area contributed by atoms with Crippen molar-refractivity contribution in [1.82, 2.24) is 4.90 Å². The van der Waals surface area contributed by atoms with E-state index in [4.69, 9.17) is 5.26 Å². The Bertz CT molecular complexity index is 208. The second-order valence-corrected chi connectivity index (χ2v) is 3.78. The molecule has 86 valence electrons. The minimum atomic E-state index is 0.134. The first-order valence-electron chi connectivity index (χ1n) is 5.91. The Hall–Kier alpha value is -1.04. The van der Waals surface area contributed by atoms with Crippen LogP contribution < -0.4 is 0 Å². The van der Waals surface area contributed by atoms with E-state index in [0.29, 0.717) is 13.0 Å². The molecule has 0 aliphatic carbocycles. The summed E-state index contributed by atoms with van der Waals surface area (Å²) in [7, 11) is 0. The number of rotatable bonds is 8. The van der Waals surface area contributed by atoms with E-state index in [-0.39, 0.29) is 12.5 Å². The largest absolute Gasteiger partial charge is 0.329 e. The zero-order valence-electron chi connectivity index (χ0n) is 9.96. The monoisotopic (exact) mass is 210 g/mol. The van der Waals surface area contributed by atoms with Gasteiger partial charge in [0.05, 0.1) is 6.07 Å². The fourth-order valence-corrected chi connectivity index (χ4v) is 1.51. The van der Waals surface area contributed by atoms with Gasteiger partial charge in [0.25, 0.3) is 0 Å². The van der Waals surface area contributed by atoms with Crippen molar-refractivity contribution in [2.24, 2.45) is 0 Å². The van der Waals surface area contributed by atoms with Crippen molar-refractivity contribution in [3.63, 3.8) is 0 Å². The molecule has 0 spiro atoms. The lowest BCUT2D eigenvalue weighted by atomic mass is 10.1. The molecule has 0 radical (unpaired) electrons. The highest BCUT2D eigenvalue weighted by molar-refractivity contribution is 5.76. The summed E-state index contributed by atoms with van der Waals surface area (Å²) < 4.78 is 0. The lowest BCUT2D eigenvalue weighted by Crippen LogP contribution is -2.31. The zero-order valence-corrected chi connectivity index (χ0v) is 9.96. The van der Waals surface area contributed by atoms with Gasteiger partial charge in [0.2, 0.25) is 5.91 Å². The van der Waals surface area contributed by atoms with E-state index in [9.17, 15) is 4.79 Å². The molecule has 0 bridgehead atoms. The van der Waals surface area contributed by atoms with Crippen LogP contribution in [0.5, 0.6) is 0 Å². The van der Waals surface area contributed by atoms with Gasteiger partial charge in [0.1, 0.15) is 6.54 Å². The van der Waals surface area contributed by atoms with Crippen molar-refractivity contribution in [2.75, 3.05) is 13.1 Å². The molecule has 0 aliphatic rings. The first-order chi connectivity index (χ1) is 7.26. The molecular formula is C12H22N2O. The molecule has 1 amide bonds. The number of unbranched alkanes of at least 4 members (excludes halogenated alkanes) is 3. The van der Waals surface area contributed by atoms with Crippen LogP contribution in [-0.2, 0) is 4.79 Å². The molecule has 0 heterocycles. The van der Waals surface area contributed by atoms with Gasteiger partial charge in [-0.3, -0.25) is 4.79 Å². The third-order valence-corrected chi connectivity index (χ3v) is 2.35. The number of nitrogens with zero attached hydrogens (tertiary/aromatic N) is 2. The molecule has 0 aromatic rings. The number of amides is 1. The number of carbonyl (C=O) groups is 1. The molecule has 0 aromatic carbocycles. The van der Waals surface area contributed by atoms with Gasteiger partial charge in [-0.1, -0.05) is 33.1 Å². The van der Waals surface area contributed by atoms with Crippen LogP contribution in [-0.4, -0.2) is 23.9 Å². The van der Waals surface area contributed by atoms with Crippen molar-refractivity contribution in [1.29, 1.82) is 5.26 Å². The van der Waals surface area contributed by atoms with Gasteiger partial charge >= 0.3 is 0 Å². The number of nitriles is 1. The smallest absolute Gasteiger partial charge is 0.223 e. The van der Waals surface area contributed by atoms with Crippen LogP contribution in [0.15, 0.2) is 0 Å². The van der Waals surface area contributed by atoms with Gasteiger partial charge in [0.15, 0.2) is 0 Å². The normalized spacial score (nSPS) is 9.67. The van der Waals surface area contributed by atoms with Crippen molar-refractivity contribution >= 4 is 5.91 Å². The molecule has 3 heteroatoms. The molecular weight excluding hydrogens is 188 g/mol. The van der Waals surface area contributed by atoms with E-state index in [1.807, 2.05) is 13.0 Å². The second-order valence-electron chi connectivity index (χ2n) is 3.78. The molecule has 0 N–H and O–H groups in total. The summed E-state index contributed by atoms with van der Waals surface area (Å²) in [4.78, 5) is 13.3. The lowest BCUT2D eigenvalue weighted by Gasteiger charge is -2.18. The third kappa shape index (κ3) is 6.96. The quantitative estimate of drug-likeness (QED) is 0.456. The SMILES string of the molecule is CCCCCCC(=O)N(CC#N)CCC. The summed E-state index contributed by atoms with van der Waals surface area (Å²) in [5, 5.41) is 8.58. The summed E-state index contributed by atoms with van der Waals surface area (Å²) in [5.41, 5.74) is 0. The van der Waals surface area contributed by atoms with Gasteiger partial charge in [-0.15, -0.1) is 0 Å². The van der Waals surface area contributed by atoms with Crippen LogP contribution >= 0.6 is 0 Å². The van der Waals surface area contributed by atoms with E-state index >= 15 is 0 Å². The Labute approximate surface area is 93.1 Å². The summed E-state index contributed by atoms with van der Waals surface area (Å²) in [6, 6.07) is 2.04. The fraction of sp³-hybridized carbons (Fsp3) is 0.833. The fourth-order valence-electron chi connectivity index (χ4n) is 1.51. The summed E-state index contributed by atoms with van der Waals surface area (Å²) in [6.07, 6.45) is 5.97. The van der Waals surface area contributed by atoms with Gasteiger partial charge in [-0.25, -0.2) is 0 Å². The predicted octanol–water partition coefficient (Wildman–Crippen LogP) is 2.72. The molecule has 0 fully saturated rings. The minimum Gasteiger partial charge on any atom is -0.329 e. The highest BCUT2D eigenvalue weighted by Crippen LogP contribution is 2.05. The Morgan fingerprint density at radius 1 is 1.20 bits per heavy atom. The highest BCUT2D eigenvalue weighted by atomic mass is 16.2. The van der Waals surface area contributed by atoms with E-state index in [2.05, 4.69) is 6.92 Å². The summed E-state index contributed by atoms with van der Waals surface area (Å²) in [6.45, 7) is 5.12. The Morgan fingerprint density at radius 2 is 1.93 bits per heavy atom. The number of carbonyl (C=O) groups excluding carboxylic acids is 1. The molecule has 0 saturated heterocycles. The minimum absolute atomic E-state index is 0.134. The standard InChI is InChI=1S/C12H22N2O/c1-3-5-6-7-8-12(15)14(10-4-2)11-9-13/h3-8,10-11H2,1-2H3. The average Bonchev–Trinajstić information content (AvgIpc) is 2.24. The Morgan fingerprint density at radius 3 is 2.47 bits per heavy atom. The van der Waals surface area contributed by atoms with Crippen LogP contribution in [0.25, 0.3) is 0 Å². The van der Waals surface area contributed by atoms with E-state index in [1.54, 1.807) is 4.90 Å². The molecule has 0 aromatic heterocycles. The van der Waals surface area contributed by atoms with Crippen molar-refractivity contribution in [3.8, 4) is 6.07 Å². The summed E-state index contributed by atoms with van der Waals surface area (Å²) in [5.74, 6) is 0.134. The van der Waals surface area contributed by atoms with Crippen LogP contribution in [0.4, 0.5) is 0 Å². The topological polar surface area (TPSA) is 44.1 Å². The maximum absolute atomic E-state index is 11.7. The van der Waals surface area contributed by atoms with Gasteiger partial charge in [-0.05, 0) is 12.8 Å². The molecule has 0 rings (SSSR count). The lowest BCUT2D eigenvalue weighted by molar-refractivity contribution is -0.130. The van der Waals surface area contributed by atoms with E-state index in [1.165, 1.54) is 12.8 Å². The predicted molar refractivity (Wildman–Crippen MR) is 61.2 cm³/mol. The van der Waals surface area contributed by atoms with Gasteiger partial charge < -0.3 is 4.90 Å². The second kappa shape index (κ2) is 9.51. The Balaban J connectivity index is 3.77. The first kappa shape index (κ1) is 14.0. The van der Waals surface area contributed by atoms with Crippen molar-refractivity contribution in [2.45, 2.75) is 52.4 Å². The molecule has 0 saturated carbocycles. The van der Waals surface area contributed by atoms with E-state index < -0.39 is 0 Å². The Kier molecular flexibility index (Phi) is 8.85.